The Hall–Kier alpha value is -1.22. The number of rotatable bonds is 7. The van der Waals surface area contributed by atoms with Crippen LogP contribution in [0.2, 0.25) is 0 Å². The molecule has 8 heteroatoms. The third-order valence-corrected chi connectivity index (χ3v) is 4.71. The predicted octanol–water partition coefficient (Wildman–Crippen LogP) is 0.424. The van der Waals surface area contributed by atoms with E-state index >= 15 is 0 Å². The van der Waals surface area contributed by atoms with Gasteiger partial charge in [0.2, 0.25) is 10.0 Å². The zero-order chi connectivity index (χ0) is 13.7. The molecule has 0 aliphatic rings. The fraction of sp³-hybridized carbons (Fsp3) is 0.364. The number of nitrogens with two attached hydrogens (primary N) is 1. The third kappa shape index (κ3) is 3.87. The minimum atomic E-state index is -3.48. The normalized spacial score (nSPS) is 11.8. The Labute approximate surface area is 116 Å². The summed E-state index contributed by atoms with van der Waals surface area (Å²) in [4.78, 5) is 0.172. The van der Waals surface area contributed by atoms with Crippen LogP contribution < -0.4 is 10.5 Å². The third-order valence-electron chi connectivity index (χ3n) is 2.56. The molecule has 2 rings (SSSR count). The van der Waals surface area contributed by atoms with Crippen LogP contribution in [0.1, 0.15) is 5.56 Å². The maximum Gasteiger partial charge on any atom is 0.243 e. The minimum Gasteiger partial charge on any atom is -0.329 e. The zero-order valence-corrected chi connectivity index (χ0v) is 12.0. The van der Waals surface area contributed by atoms with E-state index in [9.17, 15) is 8.42 Å². The molecular formula is C11H16N4O2S2. The summed E-state index contributed by atoms with van der Waals surface area (Å²) in [6, 6.07) is 1.98. The van der Waals surface area contributed by atoms with Crippen molar-refractivity contribution in [2.45, 2.75) is 17.9 Å². The van der Waals surface area contributed by atoms with E-state index in [-0.39, 0.29) is 4.90 Å². The van der Waals surface area contributed by atoms with Gasteiger partial charge < -0.3 is 5.73 Å². The Bertz CT molecular complexity index is 604. The Morgan fingerprint density at radius 2 is 2.32 bits per heavy atom. The molecule has 19 heavy (non-hydrogen) atoms. The summed E-state index contributed by atoms with van der Waals surface area (Å²) in [6.07, 6.45) is 3.50. The molecule has 104 valence electrons. The average Bonchev–Trinajstić information content (AvgIpc) is 3.00. The van der Waals surface area contributed by atoms with E-state index < -0.39 is 10.0 Å². The van der Waals surface area contributed by atoms with E-state index in [0.29, 0.717) is 26.1 Å². The SMILES string of the molecule is NCCn1cc(S(=O)(=O)NCCc2ccsc2)cn1. The van der Waals surface area contributed by atoms with Crippen molar-refractivity contribution in [3.63, 3.8) is 0 Å². The lowest BCUT2D eigenvalue weighted by Crippen LogP contribution is -2.25. The Balaban J connectivity index is 1.93. The number of sulfonamides is 1. The molecule has 0 aliphatic carbocycles. The summed E-state index contributed by atoms with van der Waals surface area (Å²) >= 11 is 1.60. The van der Waals surface area contributed by atoms with Crippen LogP contribution in [0.5, 0.6) is 0 Å². The van der Waals surface area contributed by atoms with Crippen LogP contribution in [0.3, 0.4) is 0 Å². The van der Waals surface area contributed by atoms with Gasteiger partial charge in [-0.05, 0) is 28.8 Å². The topological polar surface area (TPSA) is 90.0 Å². The number of nitrogens with one attached hydrogen (secondary N) is 1. The summed E-state index contributed by atoms with van der Waals surface area (Å²) in [5.74, 6) is 0. The van der Waals surface area contributed by atoms with Crippen LogP contribution in [0, 0.1) is 0 Å². The maximum absolute atomic E-state index is 12.0. The lowest BCUT2D eigenvalue weighted by molar-refractivity contribution is 0.580. The van der Waals surface area contributed by atoms with Gasteiger partial charge in [-0.2, -0.15) is 16.4 Å². The van der Waals surface area contributed by atoms with Crippen LogP contribution in [0.15, 0.2) is 34.1 Å². The van der Waals surface area contributed by atoms with Gasteiger partial charge in [-0.1, -0.05) is 0 Å². The van der Waals surface area contributed by atoms with Gasteiger partial charge in [-0.3, -0.25) is 4.68 Å². The number of thiophene rings is 1. The van der Waals surface area contributed by atoms with Gasteiger partial charge in [-0.25, -0.2) is 13.1 Å². The first-order valence-corrected chi connectivity index (χ1v) is 8.27. The molecule has 0 spiro atoms. The lowest BCUT2D eigenvalue weighted by Gasteiger charge is -2.03. The van der Waals surface area contributed by atoms with Crippen molar-refractivity contribution in [3.8, 4) is 0 Å². The van der Waals surface area contributed by atoms with Crippen molar-refractivity contribution >= 4 is 21.4 Å². The zero-order valence-electron chi connectivity index (χ0n) is 10.3. The molecule has 0 fully saturated rings. The van der Waals surface area contributed by atoms with E-state index in [1.807, 2.05) is 16.8 Å². The molecule has 0 saturated carbocycles. The molecular weight excluding hydrogens is 284 g/mol. The average molecular weight is 300 g/mol. The molecule has 0 atom stereocenters. The second kappa shape index (κ2) is 6.29. The summed E-state index contributed by atoms with van der Waals surface area (Å²) in [5.41, 5.74) is 6.52. The Kier molecular flexibility index (Phi) is 4.70. The monoisotopic (exact) mass is 300 g/mol. The summed E-state index contributed by atoms with van der Waals surface area (Å²) in [7, 11) is -3.48. The highest BCUT2D eigenvalue weighted by molar-refractivity contribution is 7.89. The molecule has 6 nitrogen and oxygen atoms in total. The molecule has 0 unspecified atom stereocenters. The number of hydrogen-bond donors (Lipinski definition) is 2. The number of aromatic nitrogens is 2. The molecule has 0 aliphatic heterocycles. The molecule has 2 aromatic heterocycles. The fourth-order valence-corrected chi connectivity index (χ4v) is 3.27. The highest BCUT2D eigenvalue weighted by atomic mass is 32.2. The van der Waals surface area contributed by atoms with E-state index in [1.165, 1.54) is 17.1 Å². The molecule has 2 heterocycles. The standard InChI is InChI=1S/C11H16N4O2S2/c12-3-5-15-8-11(7-13-15)19(16,17)14-4-1-10-2-6-18-9-10/h2,6-9,14H,1,3-5,12H2. The molecule has 0 saturated heterocycles. The highest BCUT2D eigenvalue weighted by Crippen LogP contribution is 2.08. The van der Waals surface area contributed by atoms with Crippen LogP contribution in [0.4, 0.5) is 0 Å². The highest BCUT2D eigenvalue weighted by Gasteiger charge is 2.15. The quantitative estimate of drug-likeness (QED) is 0.775. The Morgan fingerprint density at radius 1 is 1.47 bits per heavy atom. The molecule has 0 aromatic carbocycles. The van der Waals surface area contributed by atoms with Crippen molar-refractivity contribution in [2.24, 2.45) is 5.73 Å². The summed E-state index contributed by atoms with van der Waals surface area (Å²) in [6.45, 7) is 1.30. The molecule has 0 bridgehead atoms. The van der Waals surface area contributed by atoms with Gasteiger partial charge in [0, 0.05) is 19.3 Å². The maximum atomic E-state index is 12.0. The number of hydrogen-bond acceptors (Lipinski definition) is 5. The van der Waals surface area contributed by atoms with E-state index in [1.54, 1.807) is 11.3 Å². The molecule has 0 radical (unpaired) electrons. The molecule has 0 amide bonds. The van der Waals surface area contributed by atoms with Crippen molar-refractivity contribution in [3.05, 3.63) is 34.8 Å². The first-order valence-electron chi connectivity index (χ1n) is 5.85. The Morgan fingerprint density at radius 3 is 3.00 bits per heavy atom. The van der Waals surface area contributed by atoms with Gasteiger partial charge >= 0.3 is 0 Å². The predicted molar refractivity (Wildman–Crippen MR) is 74.5 cm³/mol. The van der Waals surface area contributed by atoms with Crippen molar-refractivity contribution < 1.29 is 8.42 Å². The van der Waals surface area contributed by atoms with Gasteiger partial charge in [-0.15, -0.1) is 0 Å². The van der Waals surface area contributed by atoms with E-state index in [0.717, 1.165) is 5.56 Å². The van der Waals surface area contributed by atoms with Gasteiger partial charge in [0.15, 0.2) is 0 Å². The minimum absolute atomic E-state index is 0.172. The van der Waals surface area contributed by atoms with Crippen molar-refractivity contribution in [1.82, 2.24) is 14.5 Å². The number of nitrogens with zero attached hydrogens (tertiary/aromatic N) is 2. The second-order valence-electron chi connectivity index (χ2n) is 4.01. The second-order valence-corrected chi connectivity index (χ2v) is 6.55. The van der Waals surface area contributed by atoms with E-state index in [2.05, 4.69) is 9.82 Å². The largest absolute Gasteiger partial charge is 0.329 e. The van der Waals surface area contributed by atoms with Crippen LogP contribution in [-0.2, 0) is 23.0 Å². The van der Waals surface area contributed by atoms with Crippen molar-refractivity contribution in [1.29, 1.82) is 0 Å². The fourth-order valence-electron chi connectivity index (χ4n) is 1.59. The van der Waals surface area contributed by atoms with Gasteiger partial charge in [0.1, 0.15) is 4.90 Å². The van der Waals surface area contributed by atoms with Gasteiger partial charge in [0.05, 0.1) is 12.7 Å². The van der Waals surface area contributed by atoms with Crippen LogP contribution in [-0.4, -0.2) is 31.3 Å². The molecule has 3 N–H and O–H groups in total. The molecule has 2 aromatic rings. The van der Waals surface area contributed by atoms with Gasteiger partial charge in [0.25, 0.3) is 0 Å². The smallest absolute Gasteiger partial charge is 0.243 e. The first kappa shape index (κ1) is 14.2. The lowest BCUT2D eigenvalue weighted by atomic mass is 10.2. The summed E-state index contributed by atoms with van der Waals surface area (Å²) in [5, 5.41) is 7.93. The van der Waals surface area contributed by atoms with Crippen LogP contribution in [0.25, 0.3) is 0 Å². The van der Waals surface area contributed by atoms with Crippen LogP contribution >= 0.6 is 11.3 Å². The summed E-state index contributed by atoms with van der Waals surface area (Å²) < 4.78 is 28.1. The van der Waals surface area contributed by atoms with E-state index in [4.69, 9.17) is 5.73 Å². The first-order chi connectivity index (χ1) is 9.12. The van der Waals surface area contributed by atoms with Crippen molar-refractivity contribution in [2.75, 3.05) is 13.1 Å².